The Bertz CT molecular complexity index is 444. The maximum absolute atomic E-state index is 7.86. The molecule has 0 aliphatic heterocycles. The van der Waals surface area contributed by atoms with Crippen molar-refractivity contribution >= 4 is 17.2 Å². The number of unbranched alkanes of at least 4 members (excludes halogenated alkanes) is 2. The molecule has 3 nitrogen and oxygen atoms in total. The zero-order valence-electron chi connectivity index (χ0n) is 15.2. The summed E-state index contributed by atoms with van der Waals surface area (Å²) in [5, 5.41) is 7.86. The van der Waals surface area contributed by atoms with Gasteiger partial charge in [-0.25, -0.2) is 4.99 Å². The van der Waals surface area contributed by atoms with Crippen LogP contribution in [0, 0.1) is 5.41 Å². The van der Waals surface area contributed by atoms with Crippen molar-refractivity contribution in [2.24, 2.45) is 4.99 Å². The molecule has 0 spiro atoms. The lowest BCUT2D eigenvalue weighted by Crippen LogP contribution is -2.08. The number of hydrogen-bond acceptors (Lipinski definition) is 2. The molecule has 0 unspecified atom stereocenters. The zero-order chi connectivity index (χ0) is 17.0. The van der Waals surface area contributed by atoms with Crippen LogP contribution < -0.4 is 4.90 Å². The maximum Gasteiger partial charge on any atom is 0.120 e. The van der Waals surface area contributed by atoms with E-state index < -0.39 is 0 Å². The summed E-state index contributed by atoms with van der Waals surface area (Å²) in [7, 11) is 4.08. The largest absolute Gasteiger partial charge is 0.378 e. The molecular weight excluding hydrogens is 270 g/mol. The van der Waals surface area contributed by atoms with Gasteiger partial charge in [0.25, 0.3) is 0 Å². The van der Waals surface area contributed by atoms with E-state index in [4.69, 9.17) is 5.41 Å². The summed E-state index contributed by atoms with van der Waals surface area (Å²) in [6, 6.07) is 8.51. The molecule has 0 aliphatic carbocycles. The van der Waals surface area contributed by atoms with Crippen LogP contribution in [0.25, 0.3) is 0 Å². The van der Waals surface area contributed by atoms with Gasteiger partial charge in [-0.2, -0.15) is 0 Å². The molecule has 1 N–H and O–H groups in total. The molecule has 0 aromatic heterocycles. The smallest absolute Gasteiger partial charge is 0.120 e. The van der Waals surface area contributed by atoms with Gasteiger partial charge in [0.05, 0.1) is 0 Å². The predicted octanol–water partition coefficient (Wildman–Crippen LogP) is 5.34. The second kappa shape index (κ2) is 12.0. The summed E-state index contributed by atoms with van der Waals surface area (Å²) in [5.74, 6) is 0.515. The van der Waals surface area contributed by atoms with Crippen LogP contribution in [0.5, 0.6) is 0 Å². The molecule has 124 valence electrons. The third kappa shape index (κ3) is 8.60. The van der Waals surface area contributed by atoms with Crippen LogP contribution in [0.1, 0.15) is 58.9 Å². The second-order valence-electron chi connectivity index (χ2n) is 5.49. The molecule has 1 aromatic rings. The molecule has 0 bridgehead atoms. The van der Waals surface area contributed by atoms with Crippen molar-refractivity contribution < 1.29 is 0 Å². The summed E-state index contributed by atoms with van der Waals surface area (Å²) in [4.78, 5) is 6.48. The minimum atomic E-state index is 0.515. The Labute approximate surface area is 137 Å². The summed E-state index contributed by atoms with van der Waals surface area (Å²) in [5.41, 5.74) is 3.47. The van der Waals surface area contributed by atoms with E-state index >= 15 is 0 Å². The fourth-order valence-corrected chi connectivity index (χ4v) is 2.08. The summed E-state index contributed by atoms with van der Waals surface area (Å²) < 4.78 is 0. The van der Waals surface area contributed by atoms with Crippen LogP contribution >= 0.6 is 0 Å². The van der Waals surface area contributed by atoms with E-state index in [0.717, 1.165) is 25.0 Å². The van der Waals surface area contributed by atoms with Crippen molar-refractivity contribution in [1.82, 2.24) is 0 Å². The molecule has 3 heteroatoms. The van der Waals surface area contributed by atoms with Gasteiger partial charge < -0.3 is 4.90 Å². The van der Waals surface area contributed by atoms with Gasteiger partial charge in [-0.05, 0) is 31.0 Å². The monoisotopic (exact) mass is 303 g/mol. The van der Waals surface area contributed by atoms with E-state index in [1.54, 1.807) is 0 Å². The fraction of sp³-hybridized carbons (Fsp3) is 0.579. The van der Waals surface area contributed by atoms with E-state index in [-0.39, 0.29) is 0 Å². The highest BCUT2D eigenvalue weighted by atomic mass is 15.1. The molecule has 0 saturated carbocycles. The minimum absolute atomic E-state index is 0.515. The van der Waals surface area contributed by atoms with Gasteiger partial charge in [-0.3, -0.25) is 5.41 Å². The van der Waals surface area contributed by atoms with Crippen LogP contribution in [-0.4, -0.2) is 25.6 Å². The summed E-state index contributed by atoms with van der Waals surface area (Å²) >= 11 is 0. The standard InChI is InChI=1S/C17H27N3.C2H6/c1-5-6-7-8-17(18)19-14(2)13-15-9-11-16(12-10-15)20(3)4;1-2/h9-12,18H,5-8,13H2,1-4H3;1-2H3. The maximum atomic E-state index is 7.86. The van der Waals surface area contributed by atoms with Gasteiger partial charge >= 0.3 is 0 Å². The first-order chi connectivity index (χ1) is 10.5. The molecule has 0 radical (unpaired) electrons. The Kier molecular flexibility index (Phi) is 11.1. The van der Waals surface area contributed by atoms with Gasteiger partial charge in [0.15, 0.2) is 0 Å². The molecule has 1 aromatic carbocycles. The summed E-state index contributed by atoms with van der Waals surface area (Å²) in [6.45, 7) is 8.18. The SMILES string of the molecule is CC.CCCCCC(=N)N=C(C)Cc1ccc(N(C)C)cc1. The molecular formula is C19H33N3. The summed E-state index contributed by atoms with van der Waals surface area (Å²) in [6.07, 6.45) is 5.06. The predicted molar refractivity (Wildman–Crippen MR) is 101 cm³/mol. The Hall–Kier alpha value is -1.64. The lowest BCUT2D eigenvalue weighted by atomic mass is 10.1. The number of aliphatic imine (C=N–C) groups is 1. The highest BCUT2D eigenvalue weighted by molar-refractivity contribution is 5.96. The first-order valence-corrected chi connectivity index (χ1v) is 8.40. The number of rotatable bonds is 7. The average molecular weight is 303 g/mol. The van der Waals surface area contributed by atoms with Gasteiger partial charge in [-0.15, -0.1) is 0 Å². The first kappa shape index (κ1) is 20.4. The lowest BCUT2D eigenvalue weighted by molar-refractivity contribution is 0.738. The number of anilines is 1. The van der Waals surface area contributed by atoms with Crippen molar-refractivity contribution in [2.75, 3.05) is 19.0 Å². The van der Waals surface area contributed by atoms with E-state index in [9.17, 15) is 0 Å². The minimum Gasteiger partial charge on any atom is -0.378 e. The van der Waals surface area contributed by atoms with Crippen molar-refractivity contribution in [2.45, 2.75) is 59.8 Å². The molecule has 0 heterocycles. The zero-order valence-corrected chi connectivity index (χ0v) is 15.2. The Morgan fingerprint density at radius 2 is 1.68 bits per heavy atom. The van der Waals surface area contributed by atoms with Gasteiger partial charge in [0.1, 0.15) is 5.84 Å². The van der Waals surface area contributed by atoms with Crippen molar-refractivity contribution in [3.05, 3.63) is 29.8 Å². The van der Waals surface area contributed by atoms with Crippen LogP contribution in [0.3, 0.4) is 0 Å². The normalized spacial score (nSPS) is 10.7. The number of hydrogen-bond donors (Lipinski definition) is 1. The second-order valence-corrected chi connectivity index (χ2v) is 5.49. The average Bonchev–Trinajstić information content (AvgIpc) is 2.50. The van der Waals surface area contributed by atoms with Crippen molar-refractivity contribution in [3.63, 3.8) is 0 Å². The highest BCUT2D eigenvalue weighted by Crippen LogP contribution is 2.13. The van der Waals surface area contributed by atoms with Gasteiger partial charge in [0, 0.05) is 38.3 Å². The van der Waals surface area contributed by atoms with Crippen LogP contribution in [0.15, 0.2) is 29.3 Å². The van der Waals surface area contributed by atoms with E-state index in [1.165, 1.54) is 24.1 Å². The number of nitrogens with zero attached hydrogens (tertiary/aromatic N) is 2. The highest BCUT2D eigenvalue weighted by Gasteiger charge is 2.00. The Balaban J connectivity index is 0.00000211. The van der Waals surface area contributed by atoms with Crippen LogP contribution in [0.2, 0.25) is 0 Å². The third-order valence-corrected chi connectivity index (χ3v) is 3.26. The Morgan fingerprint density at radius 3 is 2.18 bits per heavy atom. The molecule has 0 atom stereocenters. The molecule has 22 heavy (non-hydrogen) atoms. The quantitative estimate of drug-likeness (QED) is 0.412. The Morgan fingerprint density at radius 1 is 1.09 bits per heavy atom. The fourth-order valence-electron chi connectivity index (χ4n) is 2.08. The third-order valence-electron chi connectivity index (χ3n) is 3.26. The number of benzene rings is 1. The molecule has 0 fully saturated rings. The van der Waals surface area contributed by atoms with Crippen molar-refractivity contribution in [3.8, 4) is 0 Å². The van der Waals surface area contributed by atoms with Gasteiger partial charge in [-0.1, -0.05) is 45.7 Å². The topological polar surface area (TPSA) is 39.5 Å². The van der Waals surface area contributed by atoms with E-state index in [1.807, 2.05) is 34.9 Å². The van der Waals surface area contributed by atoms with Gasteiger partial charge in [0.2, 0.25) is 0 Å². The number of nitrogens with one attached hydrogen (secondary N) is 1. The van der Waals surface area contributed by atoms with Crippen LogP contribution in [0.4, 0.5) is 5.69 Å². The first-order valence-electron chi connectivity index (χ1n) is 8.40. The molecule has 1 rings (SSSR count). The lowest BCUT2D eigenvalue weighted by Gasteiger charge is -2.12. The molecule has 0 amide bonds. The van der Waals surface area contributed by atoms with E-state index in [0.29, 0.717) is 5.84 Å². The van der Waals surface area contributed by atoms with Crippen molar-refractivity contribution in [1.29, 1.82) is 5.41 Å². The van der Waals surface area contributed by atoms with Crippen LogP contribution in [-0.2, 0) is 6.42 Å². The molecule has 0 aliphatic rings. The molecule has 0 saturated heterocycles. The number of amidine groups is 1. The van der Waals surface area contributed by atoms with E-state index in [2.05, 4.69) is 41.1 Å².